The molecule has 6 nitrogen and oxygen atoms in total. The number of primary amides is 1. The molecule has 0 saturated carbocycles. The Morgan fingerprint density at radius 1 is 1.46 bits per heavy atom. The Morgan fingerprint density at radius 3 is 2.92 bits per heavy atom. The summed E-state index contributed by atoms with van der Waals surface area (Å²) in [5.41, 5.74) is 6.06. The molecule has 1 amide bonds. The molecule has 1 aromatic rings. The van der Waals surface area contributed by atoms with E-state index in [1.165, 1.54) is 0 Å². The number of fused-ring (bicyclic) bond motifs is 1. The molecule has 1 aliphatic rings. The first-order chi connectivity index (χ1) is 6.20. The lowest BCUT2D eigenvalue weighted by Gasteiger charge is -2.10. The predicted molar refractivity (Wildman–Crippen MR) is 43.1 cm³/mol. The van der Waals surface area contributed by atoms with Gasteiger partial charge in [0.1, 0.15) is 0 Å². The van der Waals surface area contributed by atoms with Crippen LogP contribution in [0.5, 0.6) is 0 Å². The molecule has 0 saturated heterocycles. The van der Waals surface area contributed by atoms with Crippen LogP contribution in [0.2, 0.25) is 0 Å². The molecule has 0 bridgehead atoms. The maximum absolute atomic E-state index is 11.3. The first-order valence-electron chi connectivity index (χ1n) is 3.81. The van der Waals surface area contributed by atoms with Crippen molar-refractivity contribution in [3.63, 3.8) is 0 Å². The summed E-state index contributed by atoms with van der Waals surface area (Å²) in [5.74, 6) is -0.823. The number of hydrogen-bond acceptors (Lipinski definition) is 4. The molecular weight excluding hydrogens is 172 g/mol. The Bertz CT molecular complexity index is 382. The first kappa shape index (κ1) is 7.93. The zero-order valence-electron chi connectivity index (χ0n) is 6.76. The van der Waals surface area contributed by atoms with Crippen LogP contribution in [0.15, 0.2) is 0 Å². The molecule has 2 rings (SSSR count). The van der Waals surface area contributed by atoms with Crippen molar-refractivity contribution < 1.29 is 9.59 Å². The molecule has 4 N–H and O–H groups in total. The lowest BCUT2D eigenvalue weighted by molar-refractivity contribution is 0.0955. The van der Waals surface area contributed by atoms with E-state index in [1.54, 1.807) is 0 Å². The van der Waals surface area contributed by atoms with Gasteiger partial charge in [0.15, 0.2) is 11.5 Å². The summed E-state index contributed by atoms with van der Waals surface area (Å²) in [5, 5.41) is 9.16. The standard InChI is InChI=1S/C7H8N4O2/c8-7(13)6-5-3(10-11-6)1-9-2-4(5)12/h9H,1-2H2,(H2,8,13)(H,10,11). The SMILES string of the molecule is NC(=O)c1n[nH]c2c1C(=O)CNC2. The number of Topliss-reactive ketones (excluding diaryl/α,β-unsaturated/α-hetero) is 1. The average Bonchev–Trinajstić information content (AvgIpc) is 2.49. The number of ketones is 1. The number of amides is 1. The number of nitrogens with zero attached hydrogens (tertiary/aromatic N) is 1. The maximum atomic E-state index is 11.3. The van der Waals surface area contributed by atoms with Crippen molar-refractivity contribution in [2.24, 2.45) is 5.73 Å². The van der Waals surface area contributed by atoms with Gasteiger partial charge in [-0.2, -0.15) is 5.10 Å². The monoisotopic (exact) mass is 180 g/mol. The summed E-state index contributed by atoms with van der Waals surface area (Å²) in [6.45, 7) is 0.744. The number of carbonyl (C=O) groups is 2. The van der Waals surface area contributed by atoms with Crippen molar-refractivity contribution in [3.05, 3.63) is 17.0 Å². The van der Waals surface area contributed by atoms with Crippen molar-refractivity contribution in [2.75, 3.05) is 6.54 Å². The minimum Gasteiger partial charge on any atom is -0.364 e. The molecule has 0 aromatic carbocycles. The van der Waals surface area contributed by atoms with Gasteiger partial charge in [-0.05, 0) is 0 Å². The highest BCUT2D eigenvalue weighted by atomic mass is 16.1. The highest BCUT2D eigenvalue weighted by Gasteiger charge is 2.25. The van der Waals surface area contributed by atoms with Crippen molar-refractivity contribution >= 4 is 11.7 Å². The molecule has 6 heteroatoms. The molecule has 0 spiro atoms. The van der Waals surface area contributed by atoms with Crippen molar-refractivity contribution in [3.8, 4) is 0 Å². The fraction of sp³-hybridized carbons (Fsp3) is 0.286. The summed E-state index contributed by atoms with van der Waals surface area (Å²) in [6, 6.07) is 0. The molecule has 2 heterocycles. The molecule has 1 aliphatic heterocycles. The molecule has 0 unspecified atom stereocenters. The van der Waals surface area contributed by atoms with Gasteiger partial charge in [-0.1, -0.05) is 0 Å². The van der Waals surface area contributed by atoms with Crippen LogP contribution in [0, 0.1) is 0 Å². The van der Waals surface area contributed by atoms with Gasteiger partial charge in [0.05, 0.1) is 17.8 Å². The number of aromatic nitrogens is 2. The Labute approximate surface area is 73.5 Å². The predicted octanol–water partition coefficient (Wildman–Crippen LogP) is -1.21. The van der Waals surface area contributed by atoms with Gasteiger partial charge in [0, 0.05) is 6.54 Å². The summed E-state index contributed by atoms with van der Waals surface area (Å²) in [6.07, 6.45) is 0. The second kappa shape index (κ2) is 2.67. The summed E-state index contributed by atoms with van der Waals surface area (Å²) >= 11 is 0. The minimum atomic E-state index is -0.673. The van der Waals surface area contributed by atoms with E-state index in [-0.39, 0.29) is 18.0 Å². The van der Waals surface area contributed by atoms with Gasteiger partial charge in [0.2, 0.25) is 0 Å². The molecule has 1 aromatic heterocycles. The fourth-order valence-electron chi connectivity index (χ4n) is 1.37. The van der Waals surface area contributed by atoms with Crippen LogP contribution in [-0.4, -0.2) is 28.4 Å². The summed E-state index contributed by atoms with van der Waals surface area (Å²) < 4.78 is 0. The summed E-state index contributed by atoms with van der Waals surface area (Å²) in [4.78, 5) is 22.2. The van der Waals surface area contributed by atoms with Crippen LogP contribution in [0.4, 0.5) is 0 Å². The zero-order valence-corrected chi connectivity index (χ0v) is 6.76. The number of H-pyrrole nitrogens is 1. The van der Waals surface area contributed by atoms with Crippen LogP contribution in [0.25, 0.3) is 0 Å². The molecule has 0 atom stereocenters. The number of nitrogens with two attached hydrogens (primary N) is 1. The van der Waals surface area contributed by atoms with Gasteiger partial charge >= 0.3 is 0 Å². The Morgan fingerprint density at radius 2 is 2.23 bits per heavy atom. The largest absolute Gasteiger partial charge is 0.364 e. The third-order valence-electron chi connectivity index (χ3n) is 1.94. The molecule has 0 aliphatic carbocycles. The average molecular weight is 180 g/mol. The molecule has 13 heavy (non-hydrogen) atoms. The fourth-order valence-corrected chi connectivity index (χ4v) is 1.37. The van der Waals surface area contributed by atoms with E-state index in [9.17, 15) is 9.59 Å². The van der Waals surface area contributed by atoms with Gasteiger partial charge in [-0.3, -0.25) is 14.7 Å². The third kappa shape index (κ3) is 1.11. The molecule has 68 valence electrons. The van der Waals surface area contributed by atoms with Crippen molar-refractivity contribution in [2.45, 2.75) is 6.54 Å². The van der Waals surface area contributed by atoms with E-state index in [4.69, 9.17) is 5.73 Å². The molecular formula is C7H8N4O2. The normalized spacial score (nSPS) is 15.5. The molecule has 0 fully saturated rings. The second-order valence-corrected chi connectivity index (χ2v) is 2.82. The highest BCUT2D eigenvalue weighted by Crippen LogP contribution is 2.14. The first-order valence-corrected chi connectivity index (χ1v) is 3.81. The van der Waals surface area contributed by atoms with Gasteiger partial charge < -0.3 is 11.1 Å². The van der Waals surface area contributed by atoms with Crippen LogP contribution >= 0.6 is 0 Å². The van der Waals surface area contributed by atoms with Gasteiger partial charge in [0.25, 0.3) is 5.91 Å². The molecule has 0 radical (unpaired) electrons. The topological polar surface area (TPSA) is 101 Å². The van der Waals surface area contributed by atoms with E-state index >= 15 is 0 Å². The third-order valence-corrected chi connectivity index (χ3v) is 1.94. The van der Waals surface area contributed by atoms with Gasteiger partial charge in [-0.25, -0.2) is 0 Å². The highest BCUT2D eigenvalue weighted by molar-refractivity contribution is 6.08. The van der Waals surface area contributed by atoms with Crippen LogP contribution in [0.1, 0.15) is 26.5 Å². The number of rotatable bonds is 1. The Balaban J connectivity index is 2.56. The van der Waals surface area contributed by atoms with Crippen LogP contribution in [-0.2, 0) is 6.54 Å². The van der Waals surface area contributed by atoms with E-state index in [2.05, 4.69) is 15.5 Å². The second-order valence-electron chi connectivity index (χ2n) is 2.82. The van der Waals surface area contributed by atoms with E-state index in [1.807, 2.05) is 0 Å². The lowest BCUT2D eigenvalue weighted by Crippen LogP contribution is -2.31. The lowest BCUT2D eigenvalue weighted by atomic mass is 10.0. The summed E-state index contributed by atoms with van der Waals surface area (Å²) in [7, 11) is 0. The van der Waals surface area contributed by atoms with E-state index in [0.29, 0.717) is 17.8 Å². The minimum absolute atomic E-state index is 0.0431. The number of nitrogens with one attached hydrogen (secondary N) is 2. The quantitative estimate of drug-likeness (QED) is 0.505. The number of aromatic amines is 1. The van der Waals surface area contributed by atoms with E-state index in [0.717, 1.165) is 0 Å². The van der Waals surface area contributed by atoms with E-state index < -0.39 is 5.91 Å². The van der Waals surface area contributed by atoms with Gasteiger partial charge in [-0.15, -0.1) is 0 Å². The maximum Gasteiger partial charge on any atom is 0.269 e. The Kier molecular flexibility index (Phi) is 1.63. The van der Waals surface area contributed by atoms with Crippen molar-refractivity contribution in [1.82, 2.24) is 15.5 Å². The number of hydrogen-bond donors (Lipinski definition) is 3. The van der Waals surface area contributed by atoms with Crippen molar-refractivity contribution in [1.29, 1.82) is 0 Å². The number of carbonyl (C=O) groups excluding carboxylic acids is 2. The van der Waals surface area contributed by atoms with Crippen LogP contribution < -0.4 is 11.1 Å². The van der Waals surface area contributed by atoms with Crippen LogP contribution in [0.3, 0.4) is 0 Å². The Hall–Kier alpha value is -1.69. The smallest absolute Gasteiger partial charge is 0.269 e. The zero-order chi connectivity index (χ0) is 9.42.